The number of hydrogen-bond acceptors (Lipinski definition) is 4. The third kappa shape index (κ3) is 4.01. The number of nitrogens with one attached hydrogen (secondary N) is 1. The van der Waals surface area contributed by atoms with Crippen molar-refractivity contribution in [1.82, 2.24) is 10.2 Å². The highest BCUT2D eigenvalue weighted by Crippen LogP contribution is 2.14. The molecule has 1 N–H and O–H groups in total. The Kier molecular flexibility index (Phi) is 5.03. The van der Waals surface area contributed by atoms with Gasteiger partial charge in [0.05, 0.1) is 19.3 Å². The molecule has 0 aromatic carbocycles. The van der Waals surface area contributed by atoms with Gasteiger partial charge in [0, 0.05) is 32.8 Å². The Morgan fingerprint density at radius 3 is 2.94 bits per heavy atom. The molecule has 0 aromatic rings. The zero-order chi connectivity index (χ0) is 11.2. The lowest BCUT2D eigenvalue weighted by Gasteiger charge is -2.31. The predicted molar refractivity (Wildman–Crippen MR) is 63.6 cm³/mol. The Morgan fingerprint density at radius 2 is 2.25 bits per heavy atom. The first kappa shape index (κ1) is 12.3. The van der Waals surface area contributed by atoms with E-state index in [1.54, 1.807) is 0 Å². The minimum atomic E-state index is 0.364. The molecule has 2 aliphatic heterocycles. The summed E-state index contributed by atoms with van der Waals surface area (Å²) in [7, 11) is 2.19. The Bertz CT molecular complexity index is 169. The molecule has 2 heterocycles. The number of nitrogens with zero attached hydrogens (tertiary/aromatic N) is 1. The van der Waals surface area contributed by atoms with E-state index in [9.17, 15) is 0 Å². The van der Waals surface area contributed by atoms with Crippen molar-refractivity contribution in [2.24, 2.45) is 5.92 Å². The summed E-state index contributed by atoms with van der Waals surface area (Å²) in [5.74, 6) is 0.718. The van der Waals surface area contributed by atoms with E-state index < -0.39 is 0 Å². The van der Waals surface area contributed by atoms with Gasteiger partial charge < -0.3 is 19.7 Å². The van der Waals surface area contributed by atoms with Gasteiger partial charge in [-0.1, -0.05) is 0 Å². The summed E-state index contributed by atoms with van der Waals surface area (Å²) in [6.07, 6.45) is 2.90. The van der Waals surface area contributed by atoms with Crippen molar-refractivity contribution < 1.29 is 9.47 Å². The van der Waals surface area contributed by atoms with Crippen LogP contribution in [0.2, 0.25) is 0 Å². The van der Waals surface area contributed by atoms with Crippen LogP contribution >= 0.6 is 0 Å². The summed E-state index contributed by atoms with van der Waals surface area (Å²) < 4.78 is 11.2. The van der Waals surface area contributed by atoms with E-state index in [2.05, 4.69) is 17.3 Å². The fraction of sp³-hybridized carbons (Fsp3) is 1.00. The third-order valence-electron chi connectivity index (χ3n) is 3.34. The number of morpholine rings is 1. The van der Waals surface area contributed by atoms with Crippen LogP contribution in [0.5, 0.6) is 0 Å². The third-order valence-corrected chi connectivity index (χ3v) is 3.34. The molecule has 2 saturated heterocycles. The normalized spacial score (nSPS) is 31.9. The van der Waals surface area contributed by atoms with Crippen LogP contribution in [0, 0.1) is 5.92 Å². The van der Waals surface area contributed by atoms with Crippen LogP contribution in [-0.2, 0) is 9.47 Å². The molecule has 0 radical (unpaired) electrons. The van der Waals surface area contributed by atoms with E-state index in [-0.39, 0.29) is 0 Å². The van der Waals surface area contributed by atoms with Gasteiger partial charge in [0.25, 0.3) is 0 Å². The van der Waals surface area contributed by atoms with Crippen molar-refractivity contribution in [3.63, 3.8) is 0 Å². The second kappa shape index (κ2) is 6.55. The first-order valence-corrected chi connectivity index (χ1v) is 6.43. The Hall–Kier alpha value is -0.160. The lowest BCUT2D eigenvalue weighted by molar-refractivity contribution is -0.00206. The maximum absolute atomic E-state index is 5.70. The number of likely N-dealkylation sites (N-methyl/N-ethyl adjacent to an activating group) is 1. The summed E-state index contributed by atoms with van der Waals surface area (Å²) in [6, 6.07) is 0. The van der Waals surface area contributed by atoms with Crippen LogP contribution in [0.15, 0.2) is 0 Å². The monoisotopic (exact) mass is 228 g/mol. The number of ether oxygens (including phenoxy) is 2. The van der Waals surface area contributed by atoms with Crippen LogP contribution in [0.1, 0.15) is 12.8 Å². The standard InChI is InChI=1S/C12H24N2O2/c1-14(8-11-3-2-5-15-10-11)9-12-7-13-4-6-16-12/h11-13H,2-10H2,1H3. The maximum Gasteiger partial charge on any atom is 0.0826 e. The molecule has 0 aromatic heterocycles. The van der Waals surface area contributed by atoms with Gasteiger partial charge in [-0.2, -0.15) is 0 Å². The molecule has 4 nitrogen and oxygen atoms in total. The fourth-order valence-electron chi connectivity index (χ4n) is 2.55. The Balaban J connectivity index is 1.64. The molecule has 0 aliphatic carbocycles. The highest BCUT2D eigenvalue weighted by atomic mass is 16.5. The van der Waals surface area contributed by atoms with Gasteiger partial charge >= 0.3 is 0 Å². The average molecular weight is 228 g/mol. The minimum absolute atomic E-state index is 0.364. The minimum Gasteiger partial charge on any atom is -0.381 e. The molecule has 16 heavy (non-hydrogen) atoms. The highest BCUT2D eigenvalue weighted by Gasteiger charge is 2.19. The van der Waals surface area contributed by atoms with Crippen molar-refractivity contribution in [3.8, 4) is 0 Å². The van der Waals surface area contributed by atoms with Crippen molar-refractivity contribution in [2.75, 3.05) is 53.0 Å². The second-order valence-electron chi connectivity index (χ2n) is 5.00. The van der Waals surface area contributed by atoms with Crippen LogP contribution < -0.4 is 5.32 Å². The summed E-state index contributed by atoms with van der Waals surface area (Å²) in [4.78, 5) is 2.39. The van der Waals surface area contributed by atoms with Gasteiger partial charge in [0.1, 0.15) is 0 Å². The molecule has 2 aliphatic rings. The molecule has 2 atom stereocenters. The smallest absolute Gasteiger partial charge is 0.0826 e. The van der Waals surface area contributed by atoms with Crippen molar-refractivity contribution in [2.45, 2.75) is 18.9 Å². The zero-order valence-corrected chi connectivity index (χ0v) is 10.3. The van der Waals surface area contributed by atoms with Crippen molar-refractivity contribution in [1.29, 1.82) is 0 Å². The molecule has 4 heteroatoms. The largest absolute Gasteiger partial charge is 0.381 e. The van der Waals surface area contributed by atoms with Gasteiger partial charge in [0.15, 0.2) is 0 Å². The number of rotatable bonds is 4. The molecular formula is C12H24N2O2. The first-order valence-electron chi connectivity index (χ1n) is 6.43. The molecule has 94 valence electrons. The van der Waals surface area contributed by atoms with E-state index in [1.165, 1.54) is 12.8 Å². The van der Waals surface area contributed by atoms with Gasteiger partial charge in [-0.3, -0.25) is 0 Å². The van der Waals surface area contributed by atoms with E-state index in [4.69, 9.17) is 9.47 Å². The average Bonchev–Trinajstić information content (AvgIpc) is 2.31. The molecular weight excluding hydrogens is 204 g/mol. The van der Waals surface area contributed by atoms with Crippen LogP contribution in [0.4, 0.5) is 0 Å². The quantitative estimate of drug-likeness (QED) is 0.752. The Morgan fingerprint density at radius 1 is 1.31 bits per heavy atom. The van der Waals surface area contributed by atoms with E-state index in [0.717, 1.165) is 51.9 Å². The van der Waals surface area contributed by atoms with Gasteiger partial charge in [-0.25, -0.2) is 0 Å². The van der Waals surface area contributed by atoms with E-state index >= 15 is 0 Å². The molecule has 0 spiro atoms. The van der Waals surface area contributed by atoms with Crippen LogP contribution in [-0.4, -0.2) is 64.1 Å². The van der Waals surface area contributed by atoms with Gasteiger partial charge in [0.2, 0.25) is 0 Å². The molecule has 0 saturated carbocycles. The Labute approximate surface area is 98.3 Å². The molecule has 2 fully saturated rings. The molecule has 2 rings (SSSR count). The van der Waals surface area contributed by atoms with Crippen LogP contribution in [0.25, 0.3) is 0 Å². The zero-order valence-electron chi connectivity index (χ0n) is 10.3. The lowest BCUT2D eigenvalue weighted by Crippen LogP contribution is -2.45. The SMILES string of the molecule is CN(CC1CCCOC1)CC1CNCCO1. The van der Waals surface area contributed by atoms with Crippen LogP contribution in [0.3, 0.4) is 0 Å². The summed E-state index contributed by atoms with van der Waals surface area (Å²) in [5.41, 5.74) is 0. The lowest BCUT2D eigenvalue weighted by atomic mass is 10.0. The van der Waals surface area contributed by atoms with Crippen molar-refractivity contribution >= 4 is 0 Å². The summed E-state index contributed by atoms with van der Waals surface area (Å²) >= 11 is 0. The fourth-order valence-corrected chi connectivity index (χ4v) is 2.55. The van der Waals surface area contributed by atoms with Gasteiger partial charge in [-0.15, -0.1) is 0 Å². The molecule has 0 bridgehead atoms. The second-order valence-corrected chi connectivity index (χ2v) is 5.00. The predicted octanol–water partition coefficient (Wildman–Crippen LogP) is 0.333. The summed E-state index contributed by atoms with van der Waals surface area (Å²) in [6.45, 7) is 6.90. The first-order chi connectivity index (χ1) is 7.84. The number of hydrogen-bond donors (Lipinski definition) is 1. The van der Waals surface area contributed by atoms with Crippen molar-refractivity contribution in [3.05, 3.63) is 0 Å². The van der Waals surface area contributed by atoms with E-state index in [1.807, 2.05) is 0 Å². The topological polar surface area (TPSA) is 33.7 Å². The summed E-state index contributed by atoms with van der Waals surface area (Å²) in [5, 5.41) is 3.37. The van der Waals surface area contributed by atoms with E-state index in [0.29, 0.717) is 6.10 Å². The highest BCUT2D eigenvalue weighted by molar-refractivity contribution is 4.73. The van der Waals surface area contributed by atoms with Gasteiger partial charge in [-0.05, 0) is 25.8 Å². The maximum atomic E-state index is 5.70. The molecule has 0 amide bonds. The molecule has 2 unspecified atom stereocenters.